The van der Waals surface area contributed by atoms with Crippen molar-refractivity contribution in [1.29, 1.82) is 0 Å². The van der Waals surface area contributed by atoms with E-state index in [0.717, 1.165) is 43.3 Å². The van der Waals surface area contributed by atoms with Gasteiger partial charge in [0, 0.05) is 30.9 Å². The molecule has 18 heavy (non-hydrogen) atoms. The van der Waals surface area contributed by atoms with Crippen LogP contribution in [-0.2, 0) is 11.3 Å². The standard InChI is InChI=1S/C14H22ClNOS/c1-3-8-16-11-12-6-4-7-13(15)14(12)18-10-5-9-17-2/h4,6-7,16H,3,5,8-11H2,1-2H3. The van der Waals surface area contributed by atoms with E-state index < -0.39 is 0 Å². The minimum atomic E-state index is 0.806. The van der Waals surface area contributed by atoms with Gasteiger partial charge in [0.1, 0.15) is 0 Å². The third-order valence-electron chi connectivity index (χ3n) is 2.53. The Morgan fingerprint density at radius 1 is 1.39 bits per heavy atom. The number of rotatable bonds is 9. The summed E-state index contributed by atoms with van der Waals surface area (Å²) in [6.07, 6.45) is 2.20. The number of hydrogen-bond donors (Lipinski definition) is 1. The van der Waals surface area contributed by atoms with Gasteiger partial charge in [-0.2, -0.15) is 0 Å². The zero-order valence-corrected chi connectivity index (χ0v) is 12.7. The average molecular weight is 288 g/mol. The molecule has 0 amide bonds. The number of ether oxygens (including phenoxy) is 1. The fourth-order valence-electron chi connectivity index (χ4n) is 1.63. The first-order chi connectivity index (χ1) is 8.79. The second kappa shape index (κ2) is 9.68. The second-order valence-electron chi connectivity index (χ2n) is 4.10. The van der Waals surface area contributed by atoms with E-state index in [9.17, 15) is 0 Å². The molecular formula is C14H22ClNOS. The molecule has 1 aromatic carbocycles. The van der Waals surface area contributed by atoms with E-state index in [1.54, 1.807) is 7.11 Å². The van der Waals surface area contributed by atoms with Crippen LogP contribution in [0.2, 0.25) is 5.02 Å². The van der Waals surface area contributed by atoms with E-state index in [2.05, 4.69) is 18.3 Å². The fourth-order valence-corrected chi connectivity index (χ4v) is 2.99. The van der Waals surface area contributed by atoms with Gasteiger partial charge in [-0.05, 0) is 31.0 Å². The van der Waals surface area contributed by atoms with Gasteiger partial charge in [-0.1, -0.05) is 30.7 Å². The van der Waals surface area contributed by atoms with Gasteiger partial charge in [0.05, 0.1) is 5.02 Å². The van der Waals surface area contributed by atoms with Gasteiger partial charge in [-0.3, -0.25) is 0 Å². The summed E-state index contributed by atoms with van der Waals surface area (Å²) in [6.45, 7) is 4.91. The third kappa shape index (κ3) is 5.61. The SMILES string of the molecule is CCCNCc1cccc(Cl)c1SCCCOC. The highest BCUT2D eigenvalue weighted by Gasteiger charge is 2.07. The minimum Gasteiger partial charge on any atom is -0.385 e. The lowest BCUT2D eigenvalue weighted by Gasteiger charge is -2.11. The first kappa shape index (κ1) is 15.8. The van der Waals surface area contributed by atoms with Gasteiger partial charge in [-0.25, -0.2) is 0 Å². The molecule has 1 aromatic rings. The van der Waals surface area contributed by atoms with E-state index in [-0.39, 0.29) is 0 Å². The predicted molar refractivity (Wildman–Crippen MR) is 80.7 cm³/mol. The summed E-state index contributed by atoms with van der Waals surface area (Å²) in [5.41, 5.74) is 1.29. The number of halogens is 1. The van der Waals surface area contributed by atoms with E-state index in [1.165, 1.54) is 10.5 Å². The minimum absolute atomic E-state index is 0.806. The zero-order chi connectivity index (χ0) is 13.2. The summed E-state index contributed by atoms with van der Waals surface area (Å²) < 4.78 is 5.06. The quantitative estimate of drug-likeness (QED) is 0.548. The van der Waals surface area contributed by atoms with Crippen LogP contribution in [0.25, 0.3) is 0 Å². The van der Waals surface area contributed by atoms with Crippen LogP contribution in [0.4, 0.5) is 0 Å². The lowest BCUT2D eigenvalue weighted by Crippen LogP contribution is -2.14. The summed E-state index contributed by atoms with van der Waals surface area (Å²) in [7, 11) is 1.74. The summed E-state index contributed by atoms with van der Waals surface area (Å²) >= 11 is 8.09. The van der Waals surface area contributed by atoms with E-state index in [4.69, 9.17) is 16.3 Å². The van der Waals surface area contributed by atoms with Crippen molar-refractivity contribution in [1.82, 2.24) is 5.32 Å². The highest BCUT2D eigenvalue weighted by molar-refractivity contribution is 7.99. The molecule has 1 rings (SSSR count). The Morgan fingerprint density at radius 2 is 2.22 bits per heavy atom. The van der Waals surface area contributed by atoms with Crippen LogP contribution in [0.1, 0.15) is 25.3 Å². The van der Waals surface area contributed by atoms with Crippen LogP contribution in [0, 0.1) is 0 Å². The molecular weight excluding hydrogens is 266 g/mol. The molecule has 0 heterocycles. The maximum atomic E-state index is 6.28. The Balaban J connectivity index is 2.56. The first-order valence-corrected chi connectivity index (χ1v) is 7.75. The molecule has 102 valence electrons. The number of benzene rings is 1. The lowest BCUT2D eigenvalue weighted by atomic mass is 10.2. The maximum absolute atomic E-state index is 6.28. The van der Waals surface area contributed by atoms with Crippen molar-refractivity contribution >= 4 is 23.4 Å². The lowest BCUT2D eigenvalue weighted by molar-refractivity contribution is 0.200. The smallest absolute Gasteiger partial charge is 0.0545 e. The molecule has 0 aliphatic rings. The van der Waals surface area contributed by atoms with Crippen molar-refractivity contribution < 1.29 is 4.74 Å². The van der Waals surface area contributed by atoms with E-state index in [1.807, 2.05) is 23.9 Å². The number of methoxy groups -OCH3 is 1. The second-order valence-corrected chi connectivity index (χ2v) is 5.61. The normalized spacial score (nSPS) is 10.8. The maximum Gasteiger partial charge on any atom is 0.0545 e. The van der Waals surface area contributed by atoms with Gasteiger partial charge < -0.3 is 10.1 Å². The summed E-state index contributed by atoms with van der Waals surface area (Å²) in [4.78, 5) is 1.21. The van der Waals surface area contributed by atoms with Crippen LogP contribution >= 0.6 is 23.4 Å². The summed E-state index contributed by atoms with van der Waals surface area (Å²) in [5.74, 6) is 1.04. The van der Waals surface area contributed by atoms with Crippen LogP contribution in [0.3, 0.4) is 0 Å². The first-order valence-electron chi connectivity index (χ1n) is 6.39. The van der Waals surface area contributed by atoms with Gasteiger partial charge in [-0.15, -0.1) is 11.8 Å². The Kier molecular flexibility index (Phi) is 8.51. The van der Waals surface area contributed by atoms with E-state index in [0.29, 0.717) is 0 Å². The molecule has 0 spiro atoms. The van der Waals surface area contributed by atoms with Crippen molar-refractivity contribution in [3.63, 3.8) is 0 Å². The van der Waals surface area contributed by atoms with Crippen LogP contribution in [-0.4, -0.2) is 26.0 Å². The Hall–Kier alpha value is -0.220. The molecule has 0 saturated heterocycles. The van der Waals surface area contributed by atoms with Crippen LogP contribution < -0.4 is 5.32 Å². The number of hydrogen-bond acceptors (Lipinski definition) is 3. The van der Waals surface area contributed by atoms with Crippen molar-refractivity contribution in [2.45, 2.75) is 31.2 Å². The van der Waals surface area contributed by atoms with Gasteiger partial charge in [0.25, 0.3) is 0 Å². The molecule has 0 aromatic heterocycles. The topological polar surface area (TPSA) is 21.3 Å². The van der Waals surface area contributed by atoms with Crippen LogP contribution in [0.5, 0.6) is 0 Å². The molecule has 0 aliphatic carbocycles. The zero-order valence-electron chi connectivity index (χ0n) is 11.2. The monoisotopic (exact) mass is 287 g/mol. The van der Waals surface area contributed by atoms with Crippen molar-refractivity contribution in [2.24, 2.45) is 0 Å². The highest BCUT2D eigenvalue weighted by atomic mass is 35.5. The van der Waals surface area contributed by atoms with Crippen molar-refractivity contribution in [3.05, 3.63) is 28.8 Å². The predicted octanol–water partition coefficient (Wildman–Crippen LogP) is 3.97. The molecule has 2 nitrogen and oxygen atoms in total. The molecule has 0 aliphatic heterocycles. The molecule has 0 atom stereocenters. The molecule has 4 heteroatoms. The van der Waals surface area contributed by atoms with E-state index >= 15 is 0 Å². The molecule has 0 saturated carbocycles. The third-order valence-corrected chi connectivity index (χ3v) is 4.22. The molecule has 0 fully saturated rings. The molecule has 1 N–H and O–H groups in total. The number of thioether (sulfide) groups is 1. The fraction of sp³-hybridized carbons (Fsp3) is 0.571. The summed E-state index contributed by atoms with van der Waals surface area (Å²) in [5, 5.41) is 4.28. The van der Waals surface area contributed by atoms with Gasteiger partial charge in [0.2, 0.25) is 0 Å². The molecule has 0 radical (unpaired) electrons. The van der Waals surface area contributed by atoms with Crippen molar-refractivity contribution in [2.75, 3.05) is 26.0 Å². The van der Waals surface area contributed by atoms with Gasteiger partial charge in [0.15, 0.2) is 0 Å². The Morgan fingerprint density at radius 3 is 2.94 bits per heavy atom. The highest BCUT2D eigenvalue weighted by Crippen LogP contribution is 2.31. The average Bonchev–Trinajstić information content (AvgIpc) is 2.37. The summed E-state index contributed by atoms with van der Waals surface area (Å²) in [6, 6.07) is 6.13. The Bertz CT molecular complexity index is 347. The molecule has 0 unspecified atom stereocenters. The van der Waals surface area contributed by atoms with Crippen molar-refractivity contribution in [3.8, 4) is 0 Å². The van der Waals surface area contributed by atoms with Gasteiger partial charge >= 0.3 is 0 Å². The molecule has 0 bridgehead atoms. The number of nitrogens with one attached hydrogen (secondary N) is 1. The Labute approximate surface area is 119 Å². The largest absolute Gasteiger partial charge is 0.385 e. The van der Waals surface area contributed by atoms with Crippen LogP contribution in [0.15, 0.2) is 23.1 Å².